The Morgan fingerprint density at radius 2 is 1.50 bits per heavy atom. The second-order valence-corrected chi connectivity index (χ2v) is 9.45. The van der Waals surface area contributed by atoms with E-state index in [1.807, 2.05) is 13.8 Å². The maximum atomic E-state index is 13.2. The Labute approximate surface area is 245 Å². The third-order valence-electron chi connectivity index (χ3n) is 6.13. The van der Waals surface area contributed by atoms with Crippen LogP contribution in [0.25, 0.3) is 5.76 Å². The molecule has 1 fully saturated rings. The van der Waals surface area contributed by atoms with Gasteiger partial charge in [0.25, 0.3) is 5.78 Å². The molecule has 0 saturated carbocycles. The zero-order chi connectivity index (χ0) is 33.0. The van der Waals surface area contributed by atoms with Crippen LogP contribution in [0.4, 0.5) is 32.2 Å². The van der Waals surface area contributed by atoms with Crippen molar-refractivity contribution in [2.24, 2.45) is 5.73 Å². The van der Waals surface area contributed by atoms with E-state index >= 15 is 0 Å². The van der Waals surface area contributed by atoms with Crippen LogP contribution in [0.15, 0.2) is 66.2 Å². The summed E-state index contributed by atoms with van der Waals surface area (Å²) >= 11 is 0. The second kappa shape index (κ2) is 13.1. The van der Waals surface area contributed by atoms with Crippen LogP contribution in [0.5, 0.6) is 5.75 Å². The molecular formula is C28H24F6N4O6. The number of carbonyl (C=O) groups is 3. The van der Waals surface area contributed by atoms with Gasteiger partial charge in [0.2, 0.25) is 0 Å². The number of amides is 1. The Kier molecular flexibility index (Phi) is 9.99. The summed E-state index contributed by atoms with van der Waals surface area (Å²) in [7, 11) is 0. The molecule has 1 unspecified atom stereocenters. The van der Waals surface area contributed by atoms with E-state index in [1.54, 1.807) is 24.3 Å². The molecule has 1 saturated heterocycles. The number of aromatic nitrogens is 2. The molecule has 0 radical (unpaired) electrons. The second-order valence-electron chi connectivity index (χ2n) is 9.45. The number of benzene rings is 2. The van der Waals surface area contributed by atoms with Crippen LogP contribution >= 0.6 is 0 Å². The van der Waals surface area contributed by atoms with Crippen LogP contribution in [0.1, 0.15) is 48.2 Å². The summed E-state index contributed by atoms with van der Waals surface area (Å²) < 4.78 is 73.6. The number of aliphatic hydroxyl groups excluding tert-OH is 1. The lowest BCUT2D eigenvalue weighted by molar-refractivity contribution is -0.274. The van der Waals surface area contributed by atoms with Gasteiger partial charge in [0.05, 0.1) is 17.3 Å². The van der Waals surface area contributed by atoms with Gasteiger partial charge in [0.1, 0.15) is 11.5 Å². The first kappa shape index (κ1) is 33.5. The quantitative estimate of drug-likeness (QED) is 0.145. The number of carboxylic acids is 1. The Hall–Kier alpha value is -4.99. The fourth-order valence-corrected chi connectivity index (χ4v) is 4.01. The van der Waals surface area contributed by atoms with Crippen molar-refractivity contribution < 1.29 is 55.7 Å². The minimum Gasteiger partial charge on any atom is -0.507 e. The number of carbonyl (C=O) groups excluding carboxylic acids is 2. The monoisotopic (exact) mass is 626 g/mol. The van der Waals surface area contributed by atoms with Crippen LogP contribution in [0.3, 0.4) is 0 Å². The smallest absolute Gasteiger partial charge is 0.507 e. The van der Waals surface area contributed by atoms with Gasteiger partial charge >= 0.3 is 24.4 Å². The molecule has 16 heteroatoms. The number of hydrogen-bond acceptors (Lipinski definition) is 8. The molecule has 2 heterocycles. The largest absolute Gasteiger partial charge is 0.573 e. The van der Waals surface area contributed by atoms with E-state index < -0.39 is 47.7 Å². The maximum absolute atomic E-state index is 13.2. The zero-order valence-corrected chi connectivity index (χ0v) is 22.8. The minimum atomic E-state index is -5.08. The number of rotatable bonds is 6. The van der Waals surface area contributed by atoms with Crippen molar-refractivity contribution in [3.05, 3.63) is 88.6 Å². The van der Waals surface area contributed by atoms with Gasteiger partial charge in [-0.1, -0.05) is 50.2 Å². The first-order valence-electron chi connectivity index (χ1n) is 12.5. The summed E-state index contributed by atoms with van der Waals surface area (Å²) in [6.45, 7) is 4.11. The molecule has 0 spiro atoms. The topological polar surface area (TPSA) is 156 Å². The molecule has 44 heavy (non-hydrogen) atoms. The molecule has 1 aromatic heterocycles. The molecule has 10 nitrogen and oxygen atoms in total. The van der Waals surface area contributed by atoms with Gasteiger partial charge in [-0.2, -0.15) is 18.3 Å². The summed E-state index contributed by atoms with van der Waals surface area (Å²) in [5.41, 5.74) is 7.32. The first-order chi connectivity index (χ1) is 20.4. The molecule has 3 aromatic rings. The molecule has 0 aliphatic carbocycles. The highest BCUT2D eigenvalue weighted by molar-refractivity contribution is 6.51. The highest BCUT2D eigenvalue weighted by atomic mass is 19.4. The summed E-state index contributed by atoms with van der Waals surface area (Å²) in [5.74, 6) is -5.38. The van der Waals surface area contributed by atoms with Crippen molar-refractivity contribution in [3.8, 4) is 5.75 Å². The Morgan fingerprint density at radius 1 is 0.932 bits per heavy atom. The Balaban J connectivity index is 0.000000676. The molecule has 4 N–H and O–H groups in total. The highest BCUT2D eigenvalue weighted by Crippen LogP contribution is 2.42. The number of Topliss-reactive ketones (excluding diaryl/α,β-unsaturated/α-hetero) is 1. The van der Waals surface area contributed by atoms with Gasteiger partial charge in [0, 0.05) is 12.1 Å². The number of nitrogens with zero attached hydrogens (tertiary/aromatic N) is 3. The Bertz CT molecular complexity index is 1540. The molecule has 234 valence electrons. The summed E-state index contributed by atoms with van der Waals surface area (Å²) in [6.07, 6.45) is -9.97. The number of anilines is 1. The number of ether oxygens (including phenoxy) is 1. The van der Waals surface area contributed by atoms with Gasteiger partial charge in [-0.15, -0.1) is 18.3 Å². The minimum absolute atomic E-state index is 0.00845. The molecule has 4 rings (SSSR count). The summed E-state index contributed by atoms with van der Waals surface area (Å²) in [6, 6.07) is 13.3. The average molecular weight is 627 g/mol. The zero-order valence-electron chi connectivity index (χ0n) is 22.8. The lowest BCUT2D eigenvalue weighted by atomic mass is 9.94. The average Bonchev–Trinajstić information content (AvgIpc) is 3.22. The van der Waals surface area contributed by atoms with E-state index in [9.17, 15) is 41.0 Å². The van der Waals surface area contributed by atoms with Gasteiger partial charge < -0.3 is 20.7 Å². The van der Waals surface area contributed by atoms with E-state index in [1.165, 1.54) is 24.3 Å². The third kappa shape index (κ3) is 7.89. The lowest BCUT2D eigenvalue weighted by Gasteiger charge is -2.24. The highest BCUT2D eigenvalue weighted by Gasteiger charge is 2.48. The van der Waals surface area contributed by atoms with E-state index in [-0.39, 0.29) is 29.4 Å². The summed E-state index contributed by atoms with van der Waals surface area (Å²) in [5, 5.41) is 26.2. The van der Waals surface area contributed by atoms with Gasteiger partial charge in [-0.25, -0.2) is 4.79 Å². The van der Waals surface area contributed by atoms with E-state index in [0.717, 1.165) is 22.6 Å². The number of alkyl halides is 6. The molecule has 1 amide bonds. The van der Waals surface area contributed by atoms with Crippen LogP contribution in [-0.2, 0) is 20.9 Å². The maximum Gasteiger partial charge on any atom is 0.573 e. The van der Waals surface area contributed by atoms with E-state index in [4.69, 9.17) is 15.6 Å². The number of hydrogen-bond donors (Lipinski definition) is 3. The lowest BCUT2D eigenvalue weighted by Crippen LogP contribution is -2.30. The van der Waals surface area contributed by atoms with Crippen LogP contribution in [0, 0.1) is 0 Å². The van der Waals surface area contributed by atoms with E-state index in [2.05, 4.69) is 14.9 Å². The number of carboxylic acid groups (broad SMARTS) is 1. The van der Waals surface area contributed by atoms with Crippen molar-refractivity contribution in [3.63, 3.8) is 0 Å². The number of halogens is 6. The first-order valence-corrected chi connectivity index (χ1v) is 12.5. The standard InChI is InChI=1S/C26H23F3N4O4.C2HF3O2/c1-14(2)15-3-5-17(6-4-15)23(34)21-22(16-7-10-19(11-8-16)37-26(27,28)29)33(25(36)24(21)35)20-12-9-18(13-30)31-32-20;3-2(4,5)1(6)7/h3-12,14,22,34H,13,30H2,1-2H3;(H,6,7). The van der Waals surface area contributed by atoms with Crippen LogP contribution in [-0.4, -0.2) is 50.6 Å². The Morgan fingerprint density at radius 3 is 1.93 bits per heavy atom. The molecule has 1 atom stereocenters. The fourth-order valence-electron chi connectivity index (χ4n) is 4.01. The predicted octanol–water partition coefficient (Wildman–Crippen LogP) is 5.22. The van der Waals surface area contributed by atoms with Crippen molar-refractivity contribution >= 4 is 29.2 Å². The molecule has 2 aromatic carbocycles. The van der Waals surface area contributed by atoms with Crippen LogP contribution < -0.4 is 15.4 Å². The number of nitrogens with two attached hydrogens (primary N) is 1. The van der Waals surface area contributed by atoms with E-state index in [0.29, 0.717) is 11.3 Å². The third-order valence-corrected chi connectivity index (χ3v) is 6.13. The number of aliphatic hydroxyl groups is 1. The molecule has 0 bridgehead atoms. The fraction of sp³-hybridized carbons (Fsp3) is 0.250. The normalized spacial score (nSPS) is 16.5. The van der Waals surface area contributed by atoms with Crippen molar-refractivity contribution in [1.29, 1.82) is 0 Å². The summed E-state index contributed by atoms with van der Waals surface area (Å²) in [4.78, 5) is 36.3. The van der Waals surface area contributed by atoms with Gasteiger partial charge in [0.15, 0.2) is 5.82 Å². The van der Waals surface area contributed by atoms with Crippen molar-refractivity contribution in [1.82, 2.24) is 10.2 Å². The molecule has 1 aliphatic heterocycles. The molecule has 1 aliphatic rings. The molecular weight excluding hydrogens is 602 g/mol. The van der Waals surface area contributed by atoms with Crippen molar-refractivity contribution in [2.75, 3.05) is 4.90 Å². The predicted molar refractivity (Wildman–Crippen MR) is 142 cm³/mol. The SMILES string of the molecule is CC(C)c1ccc(C(O)=C2C(=O)C(=O)N(c3ccc(CN)nn3)C2c2ccc(OC(F)(F)F)cc2)cc1.O=C(O)C(F)(F)F. The number of aliphatic carboxylic acids is 1. The van der Waals surface area contributed by atoms with Crippen LogP contribution in [0.2, 0.25) is 0 Å². The number of ketones is 1. The van der Waals surface area contributed by atoms with Gasteiger partial charge in [-0.3, -0.25) is 14.5 Å². The van der Waals surface area contributed by atoms with Crippen molar-refractivity contribution in [2.45, 2.75) is 44.9 Å². The van der Waals surface area contributed by atoms with Gasteiger partial charge in [-0.05, 0) is 41.3 Å².